The van der Waals surface area contributed by atoms with Crippen molar-refractivity contribution in [2.24, 2.45) is 0 Å². The number of likely N-dealkylation sites (tertiary alicyclic amines) is 1. The third-order valence-corrected chi connectivity index (χ3v) is 4.34. The van der Waals surface area contributed by atoms with Gasteiger partial charge in [0.1, 0.15) is 0 Å². The number of nitrogens with zero attached hydrogens (tertiary/aromatic N) is 2. The van der Waals surface area contributed by atoms with Crippen LogP contribution in [0.3, 0.4) is 0 Å². The highest BCUT2D eigenvalue weighted by Crippen LogP contribution is 2.18. The summed E-state index contributed by atoms with van der Waals surface area (Å²) < 4.78 is 5.54. The van der Waals surface area contributed by atoms with Gasteiger partial charge in [-0.3, -0.25) is 9.88 Å². The van der Waals surface area contributed by atoms with E-state index in [4.69, 9.17) is 9.72 Å². The summed E-state index contributed by atoms with van der Waals surface area (Å²) in [5.41, 5.74) is 2.04. The number of nitrogens with one attached hydrogen (secondary N) is 2. The van der Waals surface area contributed by atoms with E-state index in [1.807, 2.05) is 25.1 Å². The molecule has 1 aromatic heterocycles. The maximum absolute atomic E-state index is 11.8. The molecule has 2 heterocycles. The van der Waals surface area contributed by atoms with Crippen LogP contribution in [0.4, 0.5) is 4.79 Å². The van der Waals surface area contributed by atoms with Gasteiger partial charge in [0, 0.05) is 38.7 Å². The summed E-state index contributed by atoms with van der Waals surface area (Å²) in [5.74, 6) is 0. The van der Waals surface area contributed by atoms with Gasteiger partial charge in [-0.05, 0) is 19.1 Å². The predicted octanol–water partition coefficient (Wildman–Crippen LogP) is 1.75. The Kier molecular flexibility index (Phi) is 5.27. The minimum atomic E-state index is -0.143. The molecule has 0 aliphatic carbocycles. The van der Waals surface area contributed by atoms with Crippen LogP contribution in [0.2, 0.25) is 0 Å². The van der Waals surface area contributed by atoms with Gasteiger partial charge < -0.3 is 15.4 Å². The Morgan fingerprint density at radius 3 is 2.92 bits per heavy atom. The van der Waals surface area contributed by atoms with E-state index in [9.17, 15) is 4.79 Å². The summed E-state index contributed by atoms with van der Waals surface area (Å²) in [6.07, 6.45) is -0.00642. The molecule has 2 atom stereocenters. The van der Waals surface area contributed by atoms with Crippen molar-refractivity contribution in [2.45, 2.75) is 25.6 Å². The summed E-state index contributed by atoms with van der Waals surface area (Å²) in [7, 11) is 1.69. The van der Waals surface area contributed by atoms with Gasteiger partial charge in [0.05, 0.1) is 23.4 Å². The molecule has 0 spiro atoms. The number of urea groups is 1. The first-order valence-corrected chi connectivity index (χ1v) is 8.33. The highest BCUT2D eigenvalue weighted by atomic mass is 16.5. The number of ether oxygens (including phenoxy) is 1. The first kappa shape index (κ1) is 16.7. The lowest BCUT2D eigenvalue weighted by molar-refractivity contribution is 0.0910. The van der Waals surface area contributed by atoms with E-state index in [-0.39, 0.29) is 18.2 Å². The van der Waals surface area contributed by atoms with Crippen molar-refractivity contribution in [2.75, 3.05) is 26.7 Å². The molecule has 1 aliphatic rings. The molecule has 0 saturated carbocycles. The van der Waals surface area contributed by atoms with Gasteiger partial charge in [-0.2, -0.15) is 0 Å². The quantitative estimate of drug-likeness (QED) is 0.878. The Morgan fingerprint density at radius 1 is 1.29 bits per heavy atom. The first-order valence-electron chi connectivity index (χ1n) is 8.33. The maximum atomic E-state index is 11.8. The molecule has 2 N–H and O–H groups in total. The lowest BCUT2D eigenvalue weighted by atomic mass is 10.2. The van der Waals surface area contributed by atoms with Crippen LogP contribution in [0.1, 0.15) is 12.6 Å². The number of aromatic nitrogens is 1. The smallest absolute Gasteiger partial charge is 0.315 e. The van der Waals surface area contributed by atoms with Crippen LogP contribution in [-0.2, 0) is 11.3 Å². The molecule has 24 heavy (non-hydrogen) atoms. The maximum Gasteiger partial charge on any atom is 0.315 e. The third-order valence-electron chi connectivity index (χ3n) is 4.34. The van der Waals surface area contributed by atoms with E-state index < -0.39 is 0 Å². The van der Waals surface area contributed by atoms with Crippen LogP contribution in [0.25, 0.3) is 10.9 Å². The van der Waals surface area contributed by atoms with Gasteiger partial charge in [0.15, 0.2) is 0 Å². The lowest BCUT2D eigenvalue weighted by Crippen LogP contribution is -2.47. The molecule has 1 fully saturated rings. The summed E-state index contributed by atoms with van der Waals surface area (Å²) in [5, 5.41) is 6.90. The average Bonchev–Trinajstić information content (AvgIpc) is 2.96. The number of para-hydroxylation sites is 1. The number of methoxy groups -OCH3 is 1. The summed E-state index contributed by atoms with van der Waals surface area (Å²) in [6, 6.07) is 12.1. The van der Waals surface area contributed by atoms with Crippen molar-refractivity contribution in [3.63, 3.8) is 0 Å². The molecule has 6 nitrogen and oxygen atoms in total. The normalized spacial score (nSPS) is 21.1. The molecule has 6 heteroatoms. The second-order valence-corrected chi connectivity index (χ2v) is 6.07. The van der Waals surface area contributed by atoms with Gasteiger partial charge in [0.2, 0.25) is 0 Å². The van der Waals surface area contributed by atoms with E-state index >= 15 is 0 Å². The molecule has 0 radical (unpaired) electrons. The Hall–Kier alpha value is -2.18. The number of benzene rings is 1. The second-order valence-electron chi connectivity index (χ2n) is 6.07. The summed E-state index contributed by atoms with van der Waals surface area (Å²) >= 11 is 0. The lowest BCUT2D eigenvalue weighted by Gasteiger charge is -2.18. The fraction of sp³-hybridized carbons (Fsp3) is 0.444. The monoisotopic (exact) mass is 328 g/mol. The molecule has 2 amide bonds. The second kappa shape index (κ2) is 7.59. The standard InChI is InChI=1S/C18H24N4O2/c1-3-19-18(23)21-16-11-22(12-17(16)24-2)10-14-9-8-13-6-4-5-7-15(13)20-14/h4-9,16-17H,3,10-12H2,1-2H3,(H2,19,21,23)/t16?,17-/m0/s1. The van der Waals surface area contributed by atoms with Gasteiger partial charge >= 0.3 is 6.03 Å². The fourth-order valence-corrected chi connectivity index (χ4v) is 3.16. The average molecular weight is 328 g/mol. The Morgan fingerprint density at radius 2 is 2.12 bits per heavy atom. The van der Waals surface area contributed by atoms with E-state index in [1.165, 1.54) is 0 Å². The molecule has 3 rings (SSSR count). The van der Waals surface area contributed by atoms with Crippen LogP contribution in [0, 0.1) is 0 Å². The molecular formula is C18H24N4O2. The molecule has 2 aromatic rings. The predicted molar refractivity (Wildman–Crippen MR) is 93.8 cm³/mol. The zero-order chi connectivity index (χ0) is 16.9. The van der Waals surface area contributed by atoms with Crippen molar-refractivity contribution in [1.82, 2.24) is 20.5 Å². The molecule has 1 aromatic carbocycles. The highest BCUT2D eigenvalue weighted by Gasteiger charge is 2.33. The Balaban J connectivity index is 1.65. The molecule has 128 valence electrons. The number of carbonyl (C=O) groups excluding carboxylic acids is 1. The molecule has 1 aliphatic heterocycles. The zero-order valence-corrected chi connectivity index (χ0v) is 14.2. The summed E-state index contributed by atoms with van der Waals surface area (Å²) in [4.78, 5) is 18.8. The van der Waals surface area contributed by atoms with Crippen LogP contribution in [-0.4, -0.2) is 54.8 Å². The van der Waals surface area contributed by atoms with Crippen LogP contribution in [0.15, 0.2) is 36.4 Å². The SMILES string of the molecule is CCNC(=O)NC1CN(Cc2ccc3ccccc3n2)C[C@@H]1OC. The van der Waals surface area contributed by atoms with Crippen molar-refractivity contribution in [3.8, 4) is 0 Å². The fourth-order valence-electron chi connectivity index (χ4n) is 3.16. The highest BCUT2D eigenvalue weighted by molar-refractivity contribution is 5.78. The Bertz CT molecular complexity index is 706. The van der Waals surface area contributed by atoms with Gasteiger partial charge in [-0.25, -0.2) is 4.79 Å². The van der Waals surface area contributed by atoms with E-state index in [0.717, 1.165) is 36.2 Å². The number of amides is 2. The molecule has 0 bridgehead atoms. The number of rotatable bonds is 5. The van der Waals surface area contributed by atoms with E-state index in [2.05, 4.69) is 33.7 Å². The van der Waals surface area contributed by atoms with Crippen LogP contribution < -0.4 is 10.6 Å². The minimum absolute atomic E-state index is 0.00642. The largest absolute Gasteiger partial charge is 0.378 e. The minimum Gasteiger partial charge on any atom is -0.378 e. The molecule has 1 saturated heterocycles. The summed E-state index contributed by atoms with van der Waals surface area (Å²) in [6.45, 7) is 4.80. The van der Waals surface area contributed by atoms with Gasteiger partial charge in [0.25, 0.3) is 0 Å². The number of pyridine rings is 1. The van der Waals surface area contributed by atoms with Crippen molar-refractivity contribution in [1.29, 1.82) is 0 Å². The molecule has 1 unspecified atom stereocenters. The topological polar surface area (TPSA) is 66.5 Å². The first-order chi connectivity index (χ1) is 11.7. The van der Waals surface area contributed by atoms with Crippen LogP contribution >= 0.6 is 0 Å². The van der Waals surface area contributed by atoms with Crippen molar-refractivity contribution >= 4 is 16.9 Å². The van der Waals surface area contributed by atoms with Crippen molar-refractivity contribution in [3.05, 3.63) is 42.1 Å². The number of fused-ring (bicyclic) bond motifs is 1. The number of carbonyl (C=O) groups is 1. The van der Waals surface area contributed by atoms with E-state index in [0.29, 0.717) is 6.54 Å². The van der Waals surface area contributed by atoms with Gasteiger partial charge in [-0.15, -0.1) is 0 Å². The number of hydrogen-bond acceptors (Lipinski definition) is 4. The van der Waals surface area contributed by atoms with Crippen LogP contribution in [0.5, 0.6) is 0 Å². The molecular weight excluding hydrogens is 304 g/mol. The Labute approximate surface area is 142 Å². The van der Waals surface area contributed by atoms with Crippen molar-refractivity contribution < 1.29 is 9.53 Å². The number of hydrogen-bond donors (Lipinski definition) is 2. The third kappa shape index (κ3) is 3.83. The van der Waals surface area contributed by atoms with Gasteiger partial charge in [-0.1, -0.05) is 24.3 Å². The van der Waals surface area contributed by atoms with E-state index in [1.54, 1.807) is 7.11 Å². The zero-order valence-electron chi connectivity index (χ0n) is 14.2.